The summed E-state index contributed by atoms with van der Waals surface area (Å²) in [6.45, 7) is 4.10. The molecule has 0 bridgehead atoms. The number of rotatable bonds is 37. The summed E-state index contributed by atoms with van der Waals surface area (Å²) in [5, 5.41) is 11.0. The Kier molecular flexibility index (Phi) is 35.5. The van der Waals surface area contributed by atoms with Gasteiger partial charge >= 0.3 is 11.9 Å². The van der Waals surface area contributed by atoms with Gasteiger partial charge in [0.05, 0.1) is 0 Å². The maximum atomic E-state index is 12.5. The van der Waals surface area contributed by atoms with Gasteiger partial charge in [0.15, 0.2) is 0 Å². The molecule has 0 aliphatic rings. The monoisotopic (exact) mass is 664 g/mol. The second-order valence-electron chi connectivity index (χ2n) is 13.9. The summed E-state index contributed by atoms with van der Waals surface area (Å²) in [5.74, 6) is -1.33. The van der Waals surface area contributed by atoms with Gasteiger partial charge in [0.25, 0.3) is 0 Å². The number of ether oxygens (including phenoxy) is 1. The summed E-state index contributed by atoms with van der Waals surface area (Å²) in [7, 11) is 0. The number of amides is 1. The predicted octanol–water partition coefficient (Wildman–Crippen LogP) is 12.2. The molecule has 0 radical (unpaired) electrons. The van der Waals surface area contributed by atoms with Crippen LogP contribution in [-0.4, -0.2) is 35.6 Å². The average molecular weight is 664 g/mol. The molecule has 0 aromatic carbocycles. The molecule has 0 aromatic rings. The Labute approximate surface area is 291 Å². The van der Waals surface area contributed by atoms with Gasteiger partial charge < -0.3 is 15.2 Å². The molecule has 1 amide bonds. The zero-order valence-corrected chi connectivity index (χ0v) is 31.1. The largest absolute Gasteiger partial charge is 0.480 e. The Morgan fingerprint density at radius 3 is 1.38 bits per heavy atom. The van der Waals surface area contributed by atoms with E-state index >= 15 is 0 Å². The molecule has 0 aliphatic carbocycles. The van der Waals surface area contributed by atoms with E-state index in [-0.39, 0.29) is 24.5 Å². The van der Waals surface area contributed by atoms with Gasteiger partial charge in [-0.15, -0.1) is 0 Å². The fourth-order valence-corrected chi connectivity index (χ4v) is 6.14. The lowest BCUT2D eigenvalue weighted by Gasteiger charge is -2.15. The highest BCUT2D eigenvalue weighted by atomic mass is 16.5. The van der Waals surface area contributed by atoms with E-state index in [0.29, 0.717) is 12.8 Å². The number of esters is 1. The third-order valence-electron chi connectivity index (χ3n) is 9.15. The van der Waals surface area contributed by atoms with Crippen LogP contribution in [0.3, 0.4) is 0 Å². The van der Waals surface area contributed by atoms with Crippen molar-refractivity contribution in [3.05, 3.63) is 12.2 Å². The van der Waals surface area contributed by atoms with Crippen LogP contribution in [0.15, 0.2) is 12.2 Å². The molecular weight excluding hydrogens is 586 g/mol. The first-order chi connectivity index (χ1) is 23.0. The van der Waals surface area contributed by atoms with Gasteiger partial charge in [0.1, 0.15) is 12.6 Å². The highest BCUT2D eigenvalue weighted by Gasteiger charge is 2.12. The average Bonchev–Trinajstić information content (AvgIpc) is 3.05. The van der Waals surface area contributed by atoms with Crippen LogP contribution in [0.25, 0.3) is 0 Å². The van der Waals surface area contributed by atoms with E-state index in [2.05, 4.69) is 25.2 Å². The van der Waals surface area contributed by atoms with Crippen molar-refractivity contribution in [1.82, 2.24) is 5.32 Å². The summed E-state index contributed by atoms with van der Waals surface area (Å²) >= 11 is 0. The minimum absolute atomic E-state index is 0.0882. The molecule has 6 heteroatoms. The molecule has 0 fully saturated rings. The number of carboxylic acid groups (broad SMARTS) is 1. The fraction of sp³-hybridized carbons (Fsp3) is 0.878. The smallest absolute Gasteiger partial charge is 0.322 e. The third-order valence-corrected chi connectivity index (χ3v) is 9.15. The topological polar surface area (TPSA) is 92.7 Å². The quantitative estimate of drug-likeness (QED) is 0.0392. The van der Waals surface area contributed by atoms with Crippen LogP contribution in [0.1, 0.15) is 219 Å². The van der Waals surface area contributed by atoms with E-state index in [1.165, 1.54) is 135 Å². The van der Waals surface area contributed by atoms with Gasteiger partial charge in [-0.05, 0) is 38.2 Å². The van der Waals surface area contributed by atoms with Crippen LogP contribution in [-0.2, 0) is 19.1 Å². The number of hydrogen-bond acceptors (Lipinski definition) is 4. The zero-order chi connectivity index (χ0) is 34.5. The van der Waals surface area contributed by atoms with Crippen LogP contribution < -0.4 is 5.32 Å². The molecule has 1 unspecified atom stereocenters. The molecule has 276 valence electrons. The number of hydrogen-bond donors (Lipinski definition) is 2. The van der Waals surface area contributed by atoms with Crippen molar-refractivity contribution in [1.29, 1.82) is 0 Å². The van der Waals surface area contributed by atoms with Gasteiger partial charge in [0, 0.05) is 12.8 Å². The molecule has 0 saturated heterocycles. The van der Waals surface area contributed by atoms with Crippen molar-refractivity contribution < 1.29 is 24.2 Å². The molecule has 2 N–H and O–H groups in total. The van der Waals surface area contributed by atoms with Gasteiger partial charge in [0.2, 0.25) is 5.91 Å². The van der Waals surface area contributed by atoms with Crippen molar-refractivity contribution in [2.45, 2.75) is 225 Å². The first-order valence-electron chi connectivity index (χ1n) is 20.3. The number of carboxylic acids is 1. The van der Waals surface area contributed by atoms with Crippen LogP contribution in [0.4, 0.5) is 0 Å². The lowest BCUT2D eigenvalue weighted by atomic mass is 10.0. The molecule has 0 spiro atoms. The Bertz CT molecular complexity index is 737. The van der Waals surface area contributed by atoms with Gasteiger partial charge in [-0.3, -0.25) is 14.4 Å². The summed E-state index contributed by atoms with van der Waals surface area (Å²) in [5.41, 5.74) is 0. The number of nitrogens with one attached hydrogen (secondary N) is 1. The van der Waals surface area contributed by atoms with Gasteiger partial charge in [-0.2, -0.15) is 0 Å². The molecule has 0 aromatic heterocycles. The number of aliphatic carboxylic acids is 1. The first kappa shape index (κ1) is 45.2. The Hall–Kier alpha value is -1.85. The Morgan fingerprint density at radius 2 is 0.957 bits per heavy atom. The van der Waals surface area contributed by atoms with E-state index in [9.17, 15) is 14.4 Å². The maximum absolute atomic E-state index is 12.5. The number of carbonyl (C=O) groups excluding carboxylic acids is 2. The summed E-state index contributed by atoms with van der Waals surface area (Å²) in [6, 6.07) is 0. The first-order valence-corrected chi connectivity index (χ1v) is 20.3. The lowest BCUT2D eigenvalue weighted by molar-refractivity contribution is -0.147. The maximum Gasteiger partial charge on any atom is 0.322 e. The van der Waals surface area contributed by atoms with Crippen molar-refractivity contribution in [2.24, 2.45) is 0 Å². The molecule has 47 heavy (non-hydrogen) atoms. The number of carbonyl (C=O) groups is 3. The number of unbranched alkanes of at least 4 members (excludes halogenated alkanes) is 26. The minimum atomic E-state index is -1.03. The Morgan fingerprint density at radius 1 is 0.553 bits per heavy atom. The van der Waals surface area contributed by atoms with E-state index in [1.807, 2.05) is 6.08 Å². The molecule has 0 heterocycles. The SMILES string of the molecule is CCC/C=C\C(CCCCCCC(=O)NCC(=O)O)OC(=O)CCCCCCCCCCCCCCCCCCCCCCCCC. The van der Waals surface area contributed by atoms with Crippen LogP contribution in [0.2, 0.25) is 0 Å². The Balaban J connectivity index is 3.62. The highest BCUT2D eigenvalue weighted by Crippen LogP contribution is 2.17. The summed E-state index contributed by atoms with van der Waals surface area (Å²) in [4.78, 5) is 34.6. The van der Waals surface area contributed by atoms with E-state index in [0.717, 1.165) is 57.8 Å². The fourth-order valence-electron chi connectivity index (χ4n) is 6.14. The molecule has 1 atom stereocenters. The zero-order valence-electron chi connectivity index (χ0n) is 31.1. The van der Waals surface area contributed by atoms with Crippen LogP contribution in [0.5, 0.6) is 0 Å². The third kappa shape index (κ3) is 36.8. The van der Waals surface area contributed by atoms with E-state index < -0.39 is 5.97 Å². The van der Waals surface area contributed by atoms with Crippen LogP contribution in [0, 0.1) is 0 Å². The molecule has 6 nitrogen and oxygen atoms in total. The second-order valence-corrected chi connectivity index (χ2v) is 13.9. The predicted molar refractivity (Wildman–Crippen MR) is 199 cm³/mol. The lowest BCUT2D eigenvalue weighted by Crippen LogP contribution is -2.28. The second kappa shape index (κ2) is 37.0. The molecule has 0 saturated carbocycles. The normalized spacial score (nSPS) is 12.0. The molecule has 0 rings (SSSR count). The summed E-state index contributed by atoms with van der Waals surface area (Å²) < 4.78 is 5.80. The standard InChI is InChI=1S/C41H77NO5/c1-3-5-7-8-9-10-11-12-13-14-15-16-17-18-19-20-21-22-23-24-25-26-32-36-41(46)47-38(33-29-6-4-2)34-30-27-28-31-35-39(43)42-37-40(44)45/h29,33,38H,3-28,30-32,34-37H2,1-2H3,(H,42,43)(H,44,45)/b33-29-. The molecular formula is C41H77NO5. The van der Waals surface area contributed by atoms with Crippen molar-refractivity contribution in [3.8, 4) is 0 Å². The van der Waals surface area contributed by atoms with Crippen LogP contribution >= 0.6 is 0 Å². The molecule has 0 aliphatic heterocycles. The minimum Gasteiger partial charge on any atom is -0.480 e. The highest BCUT2D eigenvalue weighted by molar-refractivity contribution is 5.80. The van der Waals surface area contributed by atoms with Crippen molar-refractivity contribution in [3.63, 3.8) is 0 Å². The van der Waals surface area contributed by atoms with Gasteiger partial charge in [-0.1, -0.05) is 180 Å². The van der Waals surface area contributed by atoms with Crippen molar-refractivity contribution in [2.75, 3.05) is 6.54 Å². The number of allylic oxidation sites excluding steroid dienone is 1. The van der Waals surface area contributed by atoms with Crippen molar-refractivity contribution >= 4 is 17.8 Å². The summed E-state index contributed by atoms with van der Waals surface area (Å²) in [6.07, 6.45) is 42.6. The van der Waals surface area contributed by atoms with Gasteiger partial charge in [-0.25, -0.2) is 0 Å². The van der Waals surface area contributed by atoms with E-state index in [4.69, 9.17) is 9.84 Å². The van der Waals surface area contributed by atoms with E-state index in [1.54, 1.807) is 0 Å².